The van der Waals surface area contributed by atoms with Crippen molar-refractivity contribution < 1.29 is 4.84 Å². The number of fused-ring (bicyclic) bond motifs is 1. The van der Waals surface area contributed by atoms with Crippen LogP contribution in [0, 0.1) is 0 Å². The topological polar surface area (TPSA) is 87.3 Å². The Balaban J connectivity index is 2.60. The number of hydrogen-bond donors (Lipinski definition) is 3. The number of hydrogen-bond acceptors (Lipinski definition) is 4. The van der Waals surface area contributed by atoms with Crippen LogP contribution in [-0.2, 0) is 12.8 Å². The lowest BCUT2D eigenvalue weighted by atomic mass is 9.89. The Morgan fingerprint density at radius 2 is 1.71 bits per heavy atom. The average Bonchev–Trinajstić information content (AvgIpc) is 2.23. The highest BCUT2D eigenvalue weighted by molar-refractivity contribution is 5.73. The fraction of sp³-hybridized carbons (Fsp3) is 0.400. The zero-order valence-electron chi connectivity index (χ0n) is 8.05. The molecule has 2 rings (SSSR count). The fourth-order valence-electron chi connectivity index (χ4n) is 2.06. The van der Waals surface area contributed by atoms with Gasteiger partial charge < -0.3 is 16.3 Å². The van der Waals surface area contributed by atoms with E-state index in [1.54, 1.807) is 6.07 Å². The summed E-state index contributed by atoms with van der Waals surface area (Å²) in [5.41, 5.74) is 15.2. The highest BCUT2D eigenvalue weighted by Crippen LogP contribution is 2.36. The van der Waals surface area contributed by atoms with Crippen molar-refractivity contribution in [3.05, 3.63) is 17.2 Å². The van der Waals surface area contributed by atoms with Crippen molar-refractivity contribution in [3.8, 4) is 5.75 Å². The first-order chi connectivity index (χ1) is 6.74. The van der Waals surface area contributed by atoms with E-state index in [9.17, 15) is 0 Å². The van der Waals surface area contributed by atoms with Gasteiger partial charge in [-0.2, -0.15) is 5.90 Å². The van der Waals surface area contributed by atoms with Gasteiger partial charge in [-0.05, 0) is 31.2 Å². The van der Waals surface area contributed by atoms with Crippen molar-refractivity contribution in [2.24, 2.45) is 5.90 Å². The zero-order valence-corrected chi connectivity index (χ0v) is 8.05. The molecule has 0 radical (unpaired) electrons. The number of benzene rings is 1. The van der Waals surface area contributed by atoms with Crippen LogP contribution in [0.4, 0.5) is 11.4 Å². The minimum atomic E-state index is 0.561. The highest BCUT2D eigenvalue weighted by atomic mass is 16.6. The molecule has 0 saturated carbocycles. The maximum absolute atomic E-state index is 5.91. The Hall–Kier alpha value is -1.42. The number of nitrogen functional groups attached to an aromatic ring is 2. The molecule has 0 unspecified atom stereocenters. The minimum absolute atomic E-state index is 0.561. The first kappa shape index (κ1) is 9.15. The molecule has 0 amide bonds. The van der Waals surface area contributed by atoms with Crippen molar-refractivity contribution in [2.75, 3.05) is 11.5 Å². The molecule has 4 heteroatoms. The summed E-state index contributed by atoms with van der Waals surface area (Å²) in [6.45, 7) is 0. The van der Waals surface area contributed by atoms with E-state index >= 15 is 0 Å². The highest BCUT2D eigenvalue weighted by Gasteiger charge is 2.18. The van der Waals surface area contributed by atoms with Gasteiger partial charge in [-0.1, -0.05) is 0 Å². The summed E-state index contributed by atoms with van der Waals surface area (Å²) in [6, 6.07) is 1.71. The molecule has 6 N–H and O–H groups in total. The summed E-state index contributed by atoms with van der Waals surface area (Å²) in [5, 5.41) is 0. The molecular formula is C10H15N3O. The van der Waals surface area contributed by atoms with Gasteiger partial charge in [-0.15, -0.1) is 0 Å². The lowest BCUT2D eigenvalue weighted by Gasteiger charge is -2.21. The van der Waals surface area contributed by atoms with Gasteiger partial charge in [0.05, 0.1) is 11.4 Å². The average molecular weight is 193 g/mol. The molecule has 0 aliphatic heterocycles. The normalized spacial score (nSPS) is 14.9. The lowest BCUT2D eigenvalue weighted by Crippen LogP contribution is -2.13. The second kappa shape index (κ2) is 3.38. The Morgan fingerprint density at radius 3 is 2.36 bits per heavy atom. The molecule has 14 heavy (non-hydrogen) atoms. The van der Waals surface area contributed by atoms with E-state index in [0.717, 1.165) is 36.8 Å². The molecule has 0 saturated heterocycles. The third kappa shape index (κ3) is 1.28. The summed E-state index contributed by atoms with van der Waals surface area (Å²) in [4.78, 5) is 4.81. The van der Waals surface area contributed by atoms with Gasteiger partial charge in [0.2, 0.25) is 0 Å². The molecule has 0 fully saturated rings. The third-order valence-corrected chi connectivity index (χ3v) is 2.81. The number of nitrogens with two attached hydrogens (primary N) is 3. The second-order valence-electron chi connectivity index (χ2n) is 3.66. The number of rotatable bonds is 1. The molecule has 0 heterocycles. The predicted octanol–water partition coefficient (Wildman–Crippen LogP) is 0.982. The van der Waals surface area contributed by atoms with E-state index in [1.807, 2.05) is 0 Å². The van der Waals surface area contributed by atoms with Crippen molar-refractivity contribution in [1.82, 2.24) is 0 Å². The molecule has 0 bridgehead atoms. The fourth-order valence-corrected chi connectivity index (χ4v) is 2.06. The van der Waals surface area contributed by atoms with Gasteiger partial charge in [0.25, 0.3) is 0 Å². The van der Waals surface area contributed by atoms with E-state index < -0.39 is 0 Å². The second-order valence-corrected chi connectivity index (χ2v) is 3.66. The molecular weight excluding hydrogens is 178 g/mol. The molecule has 0 aromatic heterocycles. The van der Waals surface area contributed by atoms with Crippen LogP contribution in [0.15, 0.2) is 6.07 Å². The van der Waals surface area contributed by atoms with Gasteiger partial charge in [-0.3, -0.25) is 0 Å². The molecule has 1 aromatic carbocycles. The van der Waals surface area contributed by atoms with Crippen molar-refractivity contribution >= 4 is 11.4 Å². The first-order valence-corrected chi connectivity index (χ1v) is 4.80. The SMILES string of the molecule is NOc1cc(N)c(N)c2c1CCCC2. The van der Waals surface area contributed by atoms with Crippen LogP contribution in [0.1, 0.15) is 24.0 Å². The molecule has 76 valence electrons. The van der Waals surface area contributed by atoms with Gasteiger partial charge in [-0.25, -0.2) is 0 Å². The van der Waals surface area contributed by atoms with Crippen LogP contribution in [0.5, 0.6) is 5.75 Å². The molecule has 1 aliphatic rings. The molecule has 1 aromatic rings. The van der Waals surface area contributed by atoms with Crippen LogP contribution in [0.2, 0.25) is 0 Å². The quantitative estimate of drug-likeness (QED) is 0.458. The van der Waals surface area contributed by atoms with E-state index in [0.29, 0.717) is 17.1 Å². The summed E-state index contributed by atoms with van der Waals surface area (Å²) >= 11 is 0. The van der Waals surface area contributed by atoms with Crippen molar-refractivity contribution in [1.29, 1.82) is 0 Å². The Bertz CT molecular complexity index is 363. The Kier molecular flexibility index (Phi) is 2.21. The Labute approximate surface area is 83.0 Å². The summed E-state index contributed by atoms with van der Waals surface area (Å²) in [5.74, 6) is 5.87. The van der Waals surface area contributed by atoms with Crippen molar-refractivity contribution in [2.45, 2.75) is 25.7 Å². The van der Waals surface area contributed by atoms with Gasteiger partial charge >= 0.3 is 0 Å². The van der Waals surface area contributed by atoms with Crippen molar-refractivity contribution in [3.63, 3.8) is 0 Å². The zero-order chi connectivity index (χ0) is 10.1. The van der Waals surface area contributed by atoms with E-state index in [4.69, 9.17) is 22.2 Å². The summed E-state index contributed by atoms with van der Waals surface area (Å²) < 4.78 is 0. The molecule has 0 spiro atoms. The smallest absolute Gasteiger partial charge is 0.152 e. The summed E-state index contributed by atoms with van der Waals surface area (Å²) in [7, 11) is 0. The van der Waals surface area contributed by atoms with E-state index in [1.165, 1.54) is 0 Å². The maximum Gasteiger partial charge on any atom is 0.152 e. The minimum Gasteiger partial charge on any atom is -0.411 e. The van der Waals surface area contributed by atoms with Crippen LogP contribution < -0.4 is 22.2 Å². The maximum atomic E-state index is 5.91. The van der Waals surface area contributed by atoms with E-state index in [2.05, 4.69) is 0 Å². The molecule has 1 aliphatic carbocycles. The third-order valence-electron chi connectivity index (χ3n) is 2.81. The van der Waals surface area contributed by atoms with Gasteiger partial charge in [0.15, 0.2) is 5.75 Å². The molecule has 0 atom stereocenters. The van der Waals surface area contributed by atoms with Crippen LogP contribution in [0.3, 0.4) is 0 Å². The lowest BCUT2D eigenvalue weighted by molar-refractivity contribution is 0.329. The standard InChI is InChI=1S/C10H15N3O/c11-8-5-9(14-13)6-3-1-2-4-7(6)10(8)12/h5H,1-4,11-13H2. The Morgan fingerprint density at radius 1 is 1.07 bits per heavy atom. The number of anilines is 2. The first-order valence-electron chi connectivity index (χ1n) is 4.80. The van der Waals surface area contributed by atoms with E-state index in [-0.39, 0.29) is 0 Å². The monoisotopic (exact) mass is 193 g/mol. The molecule has 4 nitrogen and oxygen atoms in total. The van der Waals surface area contributed by atoms with Crippen LogP contribution in [-0.4, -0.2) is 0 Å². The predicted molar refractivity (Wildman–Crippen MR) is 56.7 cm³/mol. The van der Waals surface area contributed by atoms with Crippen LogP contribution in [0.25, 0.3) is 0 Å². The van der Waals surface area contributed by atoms with Gasteiger partial charge in [0, 0.05) is 11.6 Å². The van der Waals surface area contributed by atoms with Crippen LogP contribution >= 0.6 is 0 Å². The summed E-state index contributed by atoms with van der Waals surface area (Å²) in [6.07, 6.45) is 4.27. The van der Waals surface area contributed by atoms with Gasteiger partial charge in [0.1, 0.15) is 0 Å². The largest absolute Gasteiger partial charge is 0.411 e.